The highest BCUT2D eigenvalue weighted by Crippen LogP contribution is 2.36. The Kier molecular flexibility index (Phi) is 2.73. The number of nitrogens with one attached hydrogen (secondary N) is 2. The van der Waals surface area contributed by atoms with Crippen molar-refractivity contribution >= 4 is 28.2 Å². The van der Waals surface area contributed by atoms with Gasteiger partial charge in [0, 0.05) is 25.7 Å². The van der Waals surface area contributed by atoms with Gasteiger partial charge in [0.15, 0.2) is 5.65 Å². The Morgan fingerprint density at radius 3 is 2.71 bits per heavy atom. The van der Waals surface area contributed by atoms with E-state index >= 15 is 0 Å². The SMILES string of the molecule is CNc1nc2ncccc2c(NC)c1[N+](=O)[O-]. The zero-order valence-corrected chi connectivity index (χ0v) is 9.39. The Morgan fingerprint density at radius 1 is 1.35 bits per heavy atom. The molecule has 0 fully saturated rings. The maximum absolute atomic E-state index is 11.1. The highest BCUT2D eigenvalue weighted by atomic mass is 16.6. The highest BCUT2D eigenvalue weighted by Gasteiger charge is 2.23. The van der Waals surface area contributed by atoms with Gasteiger partial charge in [-0.1, -0.05) is 0 Å². The summed E-state index contributed by atoms with van der Waals surface area (Å²) in [6.45, 7) is 0. The number of hydrogen-bond acceptors (Lipinski definition) is 6. The first kappa shape index (κ1) is 11.1. The minimum atomic E-state index is -0.461. The fourth-order valence-corrected chi connectivity index (χ4v) is 1.69. The molecule has 0 atom stereocenters. The Hall–Kier alpha value is -2.44. The summed E-state index contributed by atoms with van der Waals surface area (Å²) < 4.78 is 0. The zero-order chi connectivity index (χ0) is 12.4. The zero-order valence-electron chi connectivity index (χ0n) is 9.39. The quantitative estimate of drug-likeness (QED) is 0.618. The van der Waals surface area contributed by atoms with Gasteiger partial charge >= 0.3 is 5.69 Å². The maximum Gasteiger partial charge on any atom is 0.334 e. The van der Waals surface area contributed by atoms with Crippen LogP contribution < -0.4 is 10.6 Å². The first-order valence-corrected chi connectivity index (χ1v) is 4.97. The smallest absolute Gasteiger partial charge is 0.334 e. The van der Waals surface area contributed by atoms with Gasteiger partial charge in [-0.3, -0.25) is 10.1 Å². The molecular weight excluding hydrogens is 222 g/mol. The number of fused-ring (bicyclic) bond motifs is 1. The van der Waals surface area contributed by atoms with Gasteiger partial charge in [0.05, 0.1) is 4.92 Å². The first-order chi connectivity index (χ1) is 8.19. The van der Waals surface area contributed by atoms with Gasteiger partial charge in [0.25, 0.3) is 0 Å². The van der Waals surface area contributed by atoms with E-state index in [0.717, 1.165) is 0 Å². The maximum atomic E-state index is 11.1. The molecule has 2 N–H and O–H groups in total. The second kappa shape index (κ2) is 4.20. The molecule has 0 aliphatic carbocycles. The summed E-state index contributed by atoms with van der Waals surface area (Å²) >= 11 is 0. The molecule has 7 heteroatoms. The predicted molar refractivity (Wildman–Crippen MR) is 65.3 cm³/mol. The van der Waals surface area contributed by atoms with Crippen LogP contribution >= 0.6 is 0 Å². The fraction of sp³-hybridized carbons (Fsp3) is 0.200. The van der Waals surface area contributed by atoms with E-state index in [1.54, 1.807) is 32.4 Å². The molecule has 0 radical (unpaired) electrons. The summed E-state index contributed by atoms with van der Waals surface area (Å²) in [5.41, 5.74) is 0.805. The van der Waals surface area contributed by atoms with E-state index in [-0.39, 0.29) is 11.5 Å². The van der Waals surface area contributed by atoms with Gasteiger partial charge in [-0.15, -0.1) is 0 Å². The summed E-state index contributed by atoms with van der Waals surface area (Å²) in [6, 6.07) is 3.46. The molecule has 7 nitrogen and oxygen atoms in total. The van der Waals surface area contributed by atoms with Gasteiger partial charge in [-0.2, -0.15) is 0 Å². The second-order valence-electron chi connectivity index (χ2n) is 3.32. The number of nitro groups is 1. The minimum Gasteiger partial charge on any atom is -0.382 e. The minimum absolute atomic E-state index is 0.0736. The Bertz CT molecular complexity index is 584. The van der Waals surface area contributed by atoms with Crippen LogP contribution in [0.3, 0.4) is 0 Å². The molecule has 0 amide bonds. The number of rotatable bonds is 3. The lowest BCUT2D eigenvalue weighted by Crippen LogP contribution is -2.05. The highest BCUT2D eigenvalue weighted by molar-refractivity contribution is 5.97. The monoisotopic (exact) mass is 233 g/mol. The average Bonchev–Trinajstić information content (AvgIpc) is 2.35. The van der Waals surface area contributed by atoms with Gasteiger partial charge in [-0.25, -0.2) is 9.97 Å². The van der Waals surface area contributed by atoms with Crippen LogP contribution in [0.15, 0.2) is 18.3 Å². The molecule has 88 valence electrons. The van der Waals surface area contributed by atoms with Gasteiger partial charge < -0.3 is 10.6 Å². The Balaban J connectivity index is 2.89. The molecule has 2 rings (SSSR count). The van der Waals surface area contributed by atoms with Crippen LogP contribution in [0.5, 0.6) is 0 Å². The van der Waals surface area contributed by atoms with Crippen molar-refractivity contribution in [2.45, 2.75) is 0 Å². The van der Waals surface area contributed by atoms with Crippen molar-refractivity contribution in [1.29, 1.82) is 0 Å². The summed E-state index contributed by atoms with van der Waals surface area (Å²) in [5.74, 6) is 0.200. The molecule has 0 spiro atoms. The number of anilines is 2. The van der Waals surface area contributed by atoms with Crippen molar-refractivity contribution in [3.63, 3.8) is 0 Å². The summed E-state index contributed by atoms with van der Waals surface area (Å²) in [5, 5.41) is 17.2. The lowest BCUT2D eigenvalue weighted by Gasteiger charge is -2.09. The van der Waals surface area contributed by atoms with Crippen molar-refractivity contribution in [3.8, 4) is 0 Å². The van der Waals surface area contributed by atoms with E-state index in [4.69, 9.17) is 0 Å². The third-order valence-electron chi connectivity index (χ3n) is 2.40. The molecule has 0 saturated carbocycles. The van der Waals surface area contributed by atoms with Crippen LogP contribution in [0.2, 0.25) is 0 Å². The Labute approximate surface area is 97.0 Å². The van der Waals surface area contributed by atoms with Crippen molar-refractivity contribution < 1.29 is 4.92 Å². The molecule has 2 aromatic rings. The van der Waals surface area contributed by atoms with Gasteiger partial charge in [0.1, 0.15) is 5.69 Å². The average molecular weight is 233 g/mol. The van der Waals surface area contributed by atoms with Crippen molar-refractivity contribution in [2.24, 2.45) is 0 Å². The van der Waals surface area contributed by atoms with Crippen molar-refractivity contribution in [2.75, 3.05) is 24.7 Å². The summed E-state index contributed by atoms with van der Waals surface area (Å²) in [7, 11) is 3.22. The third-order valence-corrected chi connectivity index (χ3v) is 2.40. The van der Waals surface area contributed by atoms with Gasteiger partial charge in [0.2, 0.25) is 5.82 Å². The van der Waals surface area contributed by atoms with E-state index in [0.29, 0.717) is 16.7 Å². The molecule has 2 heterocycles. The van der Waals surface area contributed by atoms with Crippen LogP contribution in [0, 0.1) is 10.1 Å². The van der Waals surface area contributed by atoms with E-state index in [9.17, 15) is 10.1 Å². The first-order valence-electron chi connectivity index (χ1n) is 4.97. The molecule has 0 aliphatic rings. The lowest BCUT2D eigenvalue weighted by atomic mass is 10.2. The van der Waals surface area contributed by atoms with E-state index in [2.05, 4.69) is 20.6 Å². The number of hydrogen-bond donors (Lipinski definition) is 2. The largest absolute Gasteiger partial charge is 0.382 e. The Morgan fingerprint density at radius 2 is 2.12 bits per heavy atom. The molecule has 2 aromatic heterocycles. The van der Waals surface area contributed by atoms with E-state index in [1.807, 2.05) is 0 Å². The fourth-order valence-electron chi connectivity index (χ4n) is 1.69. The molecule has 0 unspecified atom stereocenters. The predicted octanol–water partition coefficient (Wildman–Crippen LogP) is 1.62. The molecule has 0 saturated heterocycles. The standard InChI is InChI=1S/C10H11N5O2/c1-11-7-6-4-3-5-13-9(6)14-10(12-2)8(7)15(16)17/h3-5H,1-2H3,(H2,11,12,13,14). The molecule has 0 aromatic carbocycles. The molecule has 0 aliphatic heterocycles. The van der Waals surface area contributed by atoms with Crippen LogP contribution in [0.4, 0.5) is 17.2 Å². The van der Waals surface area contributed by atoms with Crippen molar-refractivity contribution in [1.82, 2.24) is 9.97 Å². The van der Waals surface area contributed by atoms with E-state index in [1.165, 1.54) is 0 Å². The van der Waals surface area contributed by atoms with Crippen molar-refractivity contribution in [3.05, 3.63) is 28.4 Å². The topological polar surface area (TPSA) is 93.0 Å². The van der Waals surface area contributed by atoms with Crippen LogP contribution in [0.25, 0.3) is 11.0 Å². The molecular formula is C10H11N5O2. The van der Waals surface area contributed by atoms with Crippen LogP contribution in [-0.4, -0.2) is 29.0 Å². The summed E-state index contributed by atoms with van der Waals surface area (Å²) in [6.07, 6.45) is 1.60. The third kappa shape index (κ3) is 1.71. The van der Waals surface area contributed by atoms with Gasteiger partial charge in [-0.05, 0) is 12.1 Å². The normalized spacial score (nSPS) is 10.2. The number of pyridine rings is 2. The number of aromatic nitrogens is 2. The van der Waals surface area contributed by atoms with Crippen LogP contribution in [-0.2, 0) is 0 Å². The molecule has 0 bridgehead atoms. The lowest BCUT2D eigenvalue weighted by molar-refractivity contribution is -0.383. The summed E-state index contributed by atoms with van der Waals surface area (Å²) in [4.78, 5) is 18.8. The second-order valence-corrected chi connectivity index (χ2v) is 3.32. The number of nitrogens with zero attached hydrogens (tertiary/aromatic N) is 3. The van der Waals surface area contributed by atoms with Crippen LogP contribution in [0.1, 0.15) is 0 Å². The molecule has 17 heavy (non-hydrogen) atoms. The van der Waals surface area contributed by atoms with E-state index < -0.39 is 4.92 Å².